The van der Waals surface area contributed by atoms with E-state index in [0.29, 0.717) is 0 Å². The van der Waals surface area contributed by atoms with Crippen LogP contribution < -0.4 is 10.6 Å². The van der Waals surface area contributed by atoms with E-state index in [1.165, 1.54) is 60.4 Å². The van der Waals surface area contributed by atoms with Crippen LogP contribution in [-0.2, 0) is 0 Å². The first-order valence-electron chi connectivity index (χ1n) is 14.5. The van der Waals surface area contributed by atoms with Crippen LogP contribution in [0.15, 0.2) is 132 Å². The number of para-hydroxylation sites is 1. The molecule has 0 radical (unpaired) electrons. The van der Waals surface area contributed by atoms with Crippen molar-refractivity contribution in [3.05, 3.63) is 133 Å². The minimum Gasteiger partial charge on any atom is -0.438 e. The first kappa shape index (κ1) is 22.2. The monoisotopic (exact) mass is 539 g/mol. The average molecular weight is 540 g/mol. The molecule has 2 aliphatic rings. The van der Waals surface area contributed by atoms with Gasteiger partial charge in [-0.25, -0.2) is 0 Å². The first-order chi connectivity index (χ1) is 20.8. The Kier molecular flexibility index (Phi) is 4.26. The van der Waals surface area contributed by atoms with Crippen molar-refractivity contribution >= 4 is 55.1 Å². The largest absolute Gasteiger partial charge is 0.438 e. The minimum absolute atomic E-state index is 0.0375. The molecule has 0 amide bonds. The smallest absolute Gasteiger partial charge is 0.219 e. The fraction of sp³-hybridized carbons (Fsp3) is 0.0526. The van der Waals surface area contributed by atoms with Crippen LogP contribution in [-0.4, -0.2) is 4.57 Å². The number of furan rings is 1. The number of rotatable bonds is 2. The Hall–Kier alpha value is -5.48. The van der Waals surface area contributed by atoms with E-state index in [9.17, 15) is 0 Å². The number of nitrogens with zero attached hydrogens (tertiary/aromatic N) is 1. The van der Waals surface area contributed by atoms with Gasteiger partial charge in [-0.05, 0) is 62.9 Å². The highest BCUT2D eigenvalue weighted by molar-refractivity contribution is 6.26. The van der Waals surface area contributed by atoms with Gasteiger partial charge in [0.2, 0.25) is 5.88 Å². The quantitative estimate of drug-likeness (QED) is 0.230. The highest BCUT2D eigenvalue weighted by atomic mass is 16.4. The molecule has 2 atom stereocenters. The summed E-state index contributed by atoms with van der Waals surface area (Å²) in [6, 6.07) is 45.9. The molecule has 0 fully saturated rings. The van der Waals surface area contributed by atoms with Gasteiger partial charge < -0.3 is 19.6 Å². The molecule has 1 aliphatic heterocycles. The number of hydrogen-bond acceptors (Lipinski definition) is 3. The fourth-order valence-corrected chi connectivity index (χ4v) is 7.56. The number of anilines is 2. The van der Waals surface area contributed by atoms with Gasteiger partial charge in [0, 0.05) is 16.2 Å². The summed E-state index contributed by atoms with van der Waals surface area (Å²) in [4.78, 5) is 0. The van der Waals surface area contributed by atoms with E-state index in [0.717, 1.165) is 22.5 Å². The zero-order valence-electron chi connectivity index (χ0n) is 22.6. The molecule has 1 aliphatic carbocycles. The molecule has 42 heavy (non-hydrogen) atoms. The molecule has 2 N–H and O–H groups in total. The lowest BCUT2D eigenvalue weighted by atomic mass is 9.93. The van der Waals surface area contributed by atoms with E-state index in [1.807, 2.05) is 12.1 Å². The van der Waals surface area contributed by atoms with E-state index in [1.54, 1.807) is 0 Å². The van der Waals surface area contributed by atoms with E-state index in [4.69, 9.17) is 4.42 Å². The van der Waals surface area contributed by atoms with Crippen molar-refractivity contribution < 1.29 is 4.42 Å². The van der Waals surface area contributed by atoms with Crippen LogP contribution in [0.5, 0.6) is 0 Å². The fourth-order valence-electron chi connectivity index (χ4n) is 7.56. The molecule has 10 rings (SSSR count). The van der Waals surface area contributed by atoms with Crippen LogP contribution >= 0.6 is 0 Å². The maximum absolute atomic E-state index is 6.40. The highest BCUT2D eigenvalue weighted by Gasteiger charge is 2.36. The Morgan fingerprint density at radius 2 is 1.12 bits per heavy atom. The molecule has 0 bridgehead atoms. The number of hydrogen-bond donors (Lipinski definition) is 2. The van der Waals surface area contributed by atoms with Crippen molar-refractivity contribution in [1.29, 1.82) is 0 Å². The zero-order valence-corrected chi connectivity index (χ0v) is 22.6. The molecule has 3 heterocycles. The SMILES string of the molecule is c1ccc(C2Nc3c(oc4ccccc34)NC2n2c3cccc4c3c3c(cccc32)-c2cccc3cccc-4c23)cc1. The average Bonchev–Trinajstić information content (AvgIpc) is 3.55. The highest BCUT2D eigenvalue weighted by Crippen LogP contribution is 2.52. The molecule has 2 unspecified atom stereocenters. The minimum atomic E-state index is -0.142. The molecule has 4 heteroatoms. The molecule has 2 aromatic heterocycles. The van der Waals surface area contributed by atoms with Gasteiger partial charge in [-0.2, -0.15) is 0 Å². The Labute approximate surface area is 241 Å². The third-order valence-electron chi connectivity index (χ3n) is 9.27. The zero-order chi connectivity index (χ0) is 27.4. The van der Waals surface area contributed by atoms with E-state index in [-0.39, 0.29) is 12.2 Å². The third-order valence-corrected chi connectivity index (χ3v) is 9.27. The molecule has 0 saturated heterocycles. The van der Waals surface area contributed by atoms with Gasteiger partial charge >= 0.3 is 0 Å². The van der Waals surface area contributed by atoms with Crippen LogP contribution in [0.3, 0.4) is 0 Å². The van der Waals surface area contributed by atoms with Crippen molar-refractivity contribution in [2.24, 2.45) is 0 Å². The number of nitrogens with one attached hydrogen (secondary N) is 2. The lowest BCUT2D eigenvalue weighted by Gasteiger charge is -2.36. The van der Waals surface area contributed by atoms with Crippen molar-refractivity contribution in [2.75, 3.05) is 10.6 Å². The molecule has 0 spiro atoms. The lowest BCUT2D eigenvalue weighted by molar-refractivity contribution is 0.480. The molecule has 198 valence electrons. The first-order valence-corrected chi connectivity index (χ1v) is 14.5. The second kappa shape index (κ2) is 8.05. The Morgan fingerprint density at radius 3 is 1.81 bits per heavy atom. The summed E-state index contributed by atoms with van der Waals surface area (Å²) in [5, 5.41) is 14.1. The predicted octanol–water partition coefficient (Wildman–Crippen LogP) is 10.1. The van der Waals surface area contributed by atoms with Crippen LogP contribution in [0.1, 0.15) is 17.8 Å². The molecular weight excluding hydrogens is 514 g/mol. The van der Waals surface area contributed by atoms with E-state index in [2.05, 4.69) is 130 Å². The van der Waals surface area contributed by atoms with Gasteiger partial charge in [0.1, 0.15) is 17.4 Å². The summed E-state index contributed by atoms with van der Waals surface area (Å²) in [7, 11) is 0. The number of aromatic nitrogens is 1. The number of benzene rings is 6. The van der Waals surface area contributed by atoms with Crippen LogP contribution in [0.4, 0.5) is 11.6 Å². The van der Waals surface area contributed by atoms with Gasteiger partial charge in [-0.3, -0.25) is 0 Å². The summed E-state index contributed by atoms with van der Waals surface area (Å²) in [6.45, 7) is 0. The summed E-state index contributed by atoms with van der Waals surface area (Å²) < 4.78 is 8.90. The van der Waals surface area contributed by atoms with Gasteiger partial charge in [-0.15, -0.1) is 0 Å². The summed E-state index contributed by atoms with van der Waals surface area (Å²) in [5.74, 6) is 0.776. The summed E-state index contributed by atoms with van der Waals surface area (Å²) in [6.07, 6.45) is -0.142. The van der Waals surface area contributed by atoms with Gasteiger partial charge in [0.05, 0.1) is 17.1 Å². The van der Waals surface area contributed by atoms with Crippen LogP contribution in [0, 0.1) is 0 Å². The normalized spacial score (nSPS) is 17.0. The topological polar surface area (TPSA) is 42.1 Å². The Bertz CT molecular complexity index is 2280. The standard InChI is InChI=1S/C38H25N3O/c1-2-10-23(11-3-1)35-37(40-38-36(39-35)28-14-4-5-21-31(28)42-38)41-29-19-8-17-26-24-15-6-12-22-13-7-16-25(32(22)24)27-18-9-20-30(41)34(27)33(26)29/h1-21,35,37,39-40H. The second-order valence-electron chi connectivity index (χ2n) is 11.4. The van der Waals surface area contributed by atoms with Gasteiger partial charge in [-0.1, -0.05) is 103 Å². The summed E-state index contributed by atoms with van der Waals surface area (Å²) >= 11 is 0. The maximum Gasteiger partial charge on any atom is 0.219 e. The van der Waals surface area contributed by atoms with Gasteiger partial charge in [0.25, 0.3) is 0 Å². The van der Waals surface area contributed by atoms with Gasteiger partial charge in [0.15, 0.2) is 0 Å². The van der Waals surface area contributed by atoms with Crippen LogP contribution in [0.25, 0.3) is 65.8 Å². The summed E-state index contributed by atoms with van der Waals surface area (Å²) in [5.41, 5.74) is 10.7. The molecule has 0 saturated carbocycles. The van der Waals surface area contributed by atoms with E-state index >= 15 is 0 Å². The molecule has 6 aromatic carbocycles. The van der Waals surface area contributed by atoms with Crippen LogP contribution in [0.2, 0.25) is 0 Å². The molecular formula is C38H25N3O. The predicted molar refractivity (Wildman–Crippen MR) is 173 cm³/mol. The number of fused-ring (bicyclic) bond motifs is 5. The van der Waals surface area contributed by atoms with Crippen molar-refractivity contribution in [1.82, 2.24) is 4.57 Å². The molecule has 8 aromatic rings. The third kappa shape index (κ3) is 2.81. The lowest BCUT2D eigenvalue weighted by Crippen LogP contribution is -2.33. The van der Waals surface area contributed by atoms with Crippen molar-refractivity contribution in [2.45, 2.75) is 12.2 Å². The Balaban J connectivity index is 1.31. The van der Waals surface area contributed by atoms with Crippen molar-refractivity contribution in [3.8, 4) is 22.3 Å². The maximum atomic E-state index is 6.40. The molecule has 4 nitrogen and oxygen atoms in total. The Morgan fingerprint density at radius 1 is 0.524 bits per heavy atom. The van der Waals surface area contributed by atoms with Crippen molar-refractivity contribution in [3.63, 3.8) is 0 Å². The second-order valence-corrected chi connectivity index (χ2v) is 11.4. The van der Waals surface area contributed by atoms with E-state index < -0.39 is 0 Å².